The Morgan fingerprint density at radius 2 is 2.33 bits per heavy atom. The number of carbonyl (C=O) groups excluding carboxylic acids is 2. The van der Waals surface area contributed by atoms with Crippen LogP contribution in [0, 0.1) is 0 Å². The summed E-state index contributed by atoms with van der Waals surface area (Å²) in [7, 11) is 0. The lowest BCUT2D eigenvalue weighted by atomic mass is 10.7. The van der Waals surface area contributed by atoms with Gasteiger partial charge in [-0.3, -0.25) is 0 Å². The minimum absolute atomic E-state index is 0.0658. The molecule has 69 valence electrons. The third kappa shape index (κ3) is 5.48. The highest BCUT2D eigenvalue weighted by atomic mass is 16.8. The Morgan fingerprint density at radius 1 is 1.67 bits per heavy atom. The maximum absolute atomic E-state index is 10.6. The molecule has 0 aliphatic heterocycles. The lowest BCUT2D eigenvalue weighted by Gasteiger charge is -2.09. The van der Waals surface area contributed by atoms with E-state index in [1.165, 1.54) is 6.92 Å². The smallest absolute Gasteiger partial charge is 0.433 e. The predicted molar refractivity (Wildman–Crippen MR) is 37.7 cm³/mol. The highest BCUT2D eigenvalue weighted by Gasteiger charge is 2.09. The van der Waals surface area contributed by atoms with Gasteiger partial charge in [-0.2, -0.15) is 0 Å². The first-order valence-electron chi connectivity index (χ1n) is 3.27. The predicted octanol–water partition coefficient (Wildman–Crippen LogP) is -0.472. The second-order valence-corrected chi connectivity index (χ2v) is 1.77. The van der Waals surface area contributed by atoms with Crippen LogP contribution in [0.3, 0.4) is 0 Å². The summed E-state index contributed by atoms with van der Waals surface area (Å²) in [5.41, 5.74) is 5.04. The molecular weight excluding hydrogens is 166 g/mol. The van der Waals surface area contributed by atoms with Gasteiger partial charge in [0.1, 0.15) is 6.61 Å². The van der Waals surface area contributed by atoms with Crippen molar-refractivity contribution >= 4 is 12.6 Å². The van der Waals surface area contributed by atoms with Gasteiger partial charge in [-0.05, 0) is 0 Å². The van der Waals surface area contributed by atoms with Crippen molar-refractivity contribution < 1.29 is 23.8 Å². The average molecular weight is 176 g/mol. The van der Waals surface area contributed by atoms with Crippen LogP contribution in [0.5, 0.6) is 0 Å². The summed E-state index contributed by atoms with van der Waals surface area (Å²) in [6, 6.07) is 0. The molecule has 0 bridgehead atoms. The van der Waals surface area contributed by atoms with Gasteiger partial charge in [0.05, 0.1) is 0 Å². The summed E-state index contributed by atoms with van der Waals surface area (Å²) in [5.74, 6) is 0. The number of carbonyl (C=O) groups is 1. The maximum Gasteiger partial charge on any atom is 0.511 e. The quantitative estimate of drug-likeness (QED) is 0.450. The molecule has 0 saturated heterocycles. The number of ether oxygens (including phenoxy) is 3. The summed E-state index contributed by atoms with van der Waals surface area (Å²) >= 11 is 0. The Morgan fingerprint density at radius 3 is 2.83 bits per heavy atom. The molecule has 0 fully saturated rings. The Bertz CT molecular complexity index is 149. The number of hydrogen-bond acceptors (Lipinski definition) is 6. The van der Waals surface area contributed by atoms with E-state index in [4.69, 9.17) is 5.73 Å². The topological polar surface area (TPSA) is 87.8 Å². The van der Waals surface area contributed by atoms with Crippen molar-refractivity contribution in [3.8, 4) is 0 Å². The maximum atomic E-state index is 10.6. The zero-order chi connectivity index (χ0) is 9.40. The second-order valence-electron chi connectivity index (χ2n) is 1.77. The minimum Gasteiger partial charge on any atom is -0.433 e. The van der Waals surface area contributed by atoms with Crippen LogP contribution in [-0.4, -0.2) is 32.1 Å². The molecule has 6 nitrogen and oxygen atoms in total. The van der Waals surface area contributed by atoms with Crippen LogP contribution in [0.15, 0.2) is 0 Å². The monoisotopic (exact) mass is 176 g/mol. The van der Waals surface area contributed by atoms with Crippen LogP contribution in [0.1, 0.15) is 6.92 Å². The summed E-state index contributed by atoms with van der Waals surface area (Å²) in [4.78, 5) is 20.2. The number of nitrogens with two attached hydrogens (primary N) is 1. The van der Waals surface area contributed by atoms with Gasteiger partial charge in [-0.15, -0.1) is 0 Å². The average Bonchev–Trinajstić information content (AvgIpc) is 2.01. The first kappa shape index (κ1) is 10.7. The number of hydrogen-bond donors (Lipinski definition) is 1. The molecule has 0 aliphatic rings. The van der Waals surface area contributed by atoms with E-state index < -0.39 is 12.4 Å². The third-order valence-electron chi connectivity index (χ3n) is 0.814. The largest absolute Gasteiger partial charge is 0.511 e. The van der Waals surface area contributed by atoms with Gasteiger partial charge in [0, 0.05) is 13.5 Å². The highest BCUT2D eigenvalue weighted by molar-refractivity contribution is 5.60. The summed E-state index contributed by atoms with van der Waals surface area (Å²) < 4.78 is 12.9. The normalized spacial score (nSPS) is 11.5. The molecule has 0 aliphatic carbocycles. The van der Waals surface area contributed by atoms with Gasteiger partial charge in [0.15, 0.2) is 0 Å². The Balaban J connectivity index is 3.46. The number of rotatable bonds is 5. The van der Waals surface area contributed by atoms with Crippen molar-refractivity contribution in [2.45, 2.75) is 13.2 Å². The van der Waals surface area contributed by atoms with E-state index in [0.29, 0.717) is 0 Å². The van der Waals surface area contributed by atoms with E-state index in [1.54, 1.807) is 0 Å². The minimum atomic E-state index is -0.993. The molecule has 12 heavy (non-hydrogen) atoms. The van der Waals surface area contributed by atoms with Gasteiger partial charge in [0.25, 0.3) is 0 Å². The van der Waals surface area contributed by atoms with E-state index >= 15 is 0 Å². The molecule has 0 saturated carbocycles. The molecule has 1 atom stereocenters. The molecule has 0 rings (SSSR count). The van der Waals surface area contributed by atoms with Gasteiger partial charge < -0.3 is 19.9 Å². The zero-order valence-corrected chi connectivity index (χ0v) is 6.61. The fraction of sp³-hybridized carbons (Fsp3) is 0.667. The highest BCUT2D eigenvalue weighted by Crippen LogP contribution is 1.93. The van der Waals surface area contributed by atoms with Crippen molar-refractivity contribution in [3.63, 3.8) is 0 Å². The van der Waals surface area contributed by atoms with E-state index in [1.807, 2.05) is 0 Å². The van der Waals surface area contributed by atoms with E-state index in [9.17, 15) is 9.59 Å². The van der Waals surface area contributed by atoms with Crippen LogP contribution >= 0.6 is 0 Å². The third-order valence-corrected chi connectivity index (χ3v) is 0.814. The molecular formula is C6H10NO5. The van der Waals surface area contributed by atoms with Crippen LogP contribution in [0.2, 0.25) is 0 Å². The molecule has 2 N–H and O–H groups in total. The van der Waals surface area contributed by atoms with Gasteiger partial charge in [-0.25, -0.2) is 9.59 Å². The standard InChI is InChI=1S/C6H10NO5/c1-5(11-4-8)12-6(9)10-3-2-7/h5H,2-3,7H2,1H3. The van der Waals surface area contributed by atoms with Crippen LogP contribution in [0.25, 0.3) is 0 Å². The molecule has 6 heteroatoms. The van der Waals surface area contributed by atoms with E-state index in [-0.39, 0.29) is 13.2 Å². The molecule has 0 aromatic rings. The Labute approximate surface area is 69.6 Å². The Hall–Kier alpha value is -1.30. The first-order chi connectivity index (χ1) is 5.70. The summed E-state index contributed by atoms with van der Waals surface area (Å²) in [6.45, 7) is 2.76. The van der Waals surface area contributed by atoms with Crippen molar-refractivity contribution in [1.82, 2.24) is 0 Å². The van der Waals surface area contributed by atoms with Crippen molar-refractivity contribution in [2.75, 3.05) is 13.2 Å². The summed E-state index contributed by atoms with van der Waals surface area (Å²) in [6.07, 6.45) is -1.92. The molecule has 1 unspecified atom stereocenters. The van der Waals surface area contributed by atoms with Crippen LogP contribution < -0.4 is 5.73 Å². The Kier molecular flexibility index (Phi) is 5.72. The fourth-order valence-corrected chi connectivity index (χ4v) is 0.404. The van der Waals surface area contributed by atoms with E-state index in [0.717, 1.165) is 6.47 Å². The molecule has 0 heterocycles. The first-order valence-corrected chi connectivity index (χ1v) is 3.27. The molecule has 0 amide bonds. The zero-order valence-electron chi connectivity index (χ0n) is 6.61. The lowest BCUT2D eigenvalue weighted by molar-refractivity contribution is -0.0599. The van der Waals surface area contributed by atoms with Crippen molar-refractivity contribution in [1.29, 1.82) is 0 Å². The van der Waals surface area contributed by atoms with Crippen LogP contribution in [0.4, 0.5) is 4.79 Å². The second kappa shape index (κ2) is 6.41. The molecule has 0 spiro atoms. The molecule has 0 aromatic heterocycles. The van der Waals surface area contributed by atoms with E-state index in [2.05, 4.69) is 14.2 Å². The lowest BCUT2D eigenvalue weighted by Crippen LogP contribution is -2.20. The van der Waals surface area contributed by atoms with Gasteiger partial charge in [-0.1, -0.05) is 0 Å². The summed E-state index contributed by atoms with van der Waals surface area (Å²) in [5, 5.41) is 0. The van der Waals surface area contributed by atoms with Gasteiger partial charge in [0.2, 0.25) is 6.29 Å². The van der Waals surface area contributed by atoms with Crippen LogP contribution in [-0.2, 0) is 19.0 Å². The SMILES string of the molecule is CC(O[C]=O)OC(=O)OCCN. The van der Waals surface area contributed by atoms with Crippen molar-refractivity contribution in [2.24, 2.45) is 5.73 Å². The molecule has 1 radical (unpaired) electrons. The van der Waals surface area contributed by atoms with Crippen molar-refractivity contribution in [3.05, 3.63) is 0 Å². The molecule has 0 aromatic carbocycles. The van der Waals surface area contributed by atoms with Gasteiger partial charge >= 0.3 is 12.6 Å². The fourth-order valence-electron chi connectivity index (χ4n) is 0.404.